The van der Waals surface area contributed by atoms with Gasteiger partial charge in [-0.15, -0.1) is 0 Å². The number of nitrogens with zero attached hydrogens (tertiary/aromatic N) is 5. The molecule has 0 saturated heterocycles. The molecule has 0 aliphatic carbocycles. The van der Waals surface area contributed by atoms with Gasteiger partial charge in [0.1, 0.15) is 6.54 Å². The van der Waals surface area contributed by atoms with Crippen molar-refractivity contribution in [2.24, 2.45) is 7.05 Å². The maximum atomic E-state index is 13.0. The molecule has 3 aromatic heterocycles. The number of rotatable bonds is 5. The summed E-state index contributed by atoms with van der Waals surface area (Å²) < 4.78 is 10.6. The summed E-state index contributed by atoms with van der Waals surface area (Å²) in [4.78, 5) is 41.7. The van der Waals surface area contributed by atoms with E-state index >= 15 is 0 Å². The van der Waals surface area contributed by atoms with Gasteiger partial charge in [0.05, 0.1) is 7.11 Å². The summed E-state index contributed by atoms with van der Waals surface area (Å²) in [5, 5.41) is 0. The third-order valence-corrected chi connectivity index (χ3v) is 4.88. The van der Waals surface area contributed by atoms with Crippen molar-refractivity contribution in [1.29, 1.82) is 0 Å². The molecule has 0 fully saturated rings. The fourth-order valence-corrected chi connectivity index (χ4v) is 3.23. The minimum absolute atomic E-state index is 0.293. The second-order valence-corrected chi connectivity index (χ2v) is 6.40. The quantitative estimate of drug-likeness (QED) is 0.625. The molecule has 0 amide bonds. The summed E-state index contributed by atoms with van der Waals surface area (Å²) in [6, 6.07) is 0. The summed E-state index contributed by atoms with van der Waals surface area (Å²) in [7, 11) is 2.76. The Labute approximate surface area is 149 Å². The van der Waals surface area contributed by atoms with Crippen LogP contribution in [0.5, 0.6) is 0 Å². The number of unbranched alkanes of at least 4 members (excludes halogenated alkanes) is 1. The largest absolute Gasteiger partial charge is 0.468 e. The number of imidazole rings is 2. The first-order valence-electron chi connectivity index (χ1n) is 8.57. The van der Waals surface area contributed by atoms with E-state index in [-0.39, 0.29) is 0 Å². The molecule has 0 bridgehead atoms. The van der Waals surface area contributed by atoms with E-state index in [9.17, 15) is 14.4 Å². The van der Waals surface area contributed by atoms with Gasteiger partial charge in [-0.05, 0) is 20.3 Å². The molecule has 0 saturated carbocycles. The molecule has 0 radical (unpaired) electrons. The van der Waals surface area contributed by atoms with E-state index in [1.54, 1.807) is 11.4 Å². The van der Waals surface area contributed by atoms with E-state index in [0.29, 0.717) is 16.9 Å². The fraction of sp³-hybridized carbons (Fsp3) is 0.529. The fourth-order valence-electron chi connectivity index (χ4n) is 3.23. The SMILES string of the molecule is CCCCn1c(C)c(C)n2c3c(=O)n(CC(=O)OC)c(=O)n(C)c3nc12. The van der Waals surface area contributed by atoms with Crippen LogP contribution < -0.4 is 11.2 Å². The molecule has 0 aromatic carbocycles. The minimum Gasteiger partial charge on any atom is -0.468 e. The maximum absolute atomic E-state index is 13.0. The number of aryl methyl sites for hydroxylation is 3. The van der Waals surface area contributed by atoms with Crippen LogP contribution in [0.3, 0.4) is 0 Å². The lowest BCUT2D eigenvalue weighted by Crippen LogP contribution is -2.41. The van der Waals surface area contributed by atoms with Gasteiger partial charge in [-0.25, -0.2) is 9.36 Å². The molecule has 0 aliphatic rings. The molecule has 3 aromatic rings. The predicted octanol–water partition coefficient (Wildman–Crippen LogP) is 0.739. The molecule has 0 aliphatic heterocycles. The molecule has 26 heavy (non-hydrogen) atoms. The van der Waals surface area contributed by atoms with Gasteiger partial charge in [0.15, 0.2) is 11.2 Å². The molecule has 0 atom stereocenters. The summed E-state index contributed by atoms with van der Waals surface area (Å²) in [5.74, 6) is -0.0240. The van der Waals surface area contributed by atoms with Crippen LogP contribution in [0.2, 0.25) is 0 Å². The lowest BCUT2D eigenvalue weighted by atomic mass is 10.3. The Morgan fingerprint density at radius 2 is 1.85 bits per heavy atom. The third-order valence-electron chi connectivity index (χ3n) is 4.88. The predicted molar refractivity (Wildman–Crippen MR) is 96.6 cm³/mol. The first-order chi connectivity index (χ1) is 12.3. The molecule has 140 valence electrons. The van der Waals surface area contributed by atoms with Gasteiger partial charge in [-0.1, -0.05) is 13.3 Å². The number of carbonyl (C=O) groups is 1. The number of methoxy groups -OCH3 is 1. The van der Waals surface area contributed by atoms with E-state index in [2.05, 4.69) is 21.2 Å². The normalized spacial score (nSPS) is 11.6. The zero-order valence-electron chi connectivity index (χ0n) is 15.7. The number of fused-ring (bicyclic) bond motifs is 3. The first kappa shape index (κ1) is 18.0. The molecular weight excluding hydrogens is 338 g/mol. The molecular formula is C17H23N5O4. The molecule has 0 spiro atoms. The number of hydrogen-bond acceptors (Lipinski definition) is 5. The standard InChI is InChI=1S/C17H23N5O4/c1-6-7-8-20-10(2)11(3)22-13-14(18-16(20)22)19(4)17(25)21(15(13)24)9-12(23)26-5/h6-9H2,1-5H3. The average molecular weight is 361 g/mol. The van der Waals surface area contributed by atoms with Crippen LogP contribution >= 0.6 is 0 Å². The zero-order chi connectivity index (χ0) is 19.2. The van der Waals surface area contributed by atoms with Crippen molar-refractivity contribution in [1.82, 2.24) is 23.1 Å². The molecule has 9 heteroatoms. The molecule has 3 heterocycles. The summed E-state index contributed by atoms with van der Waals surface area (Å²) >= 11 is 0. The van der Waals surface area contributed by atoms with Crippen molar-refractivity contribution in [2.75, 3.05) is 7.11 Å². The van der Waals surface area contributed by atoms with E-state index in [4.69, 9.17) is 0 Å². The Balaban J connectivity index is 2.41. The summed E-state index contributed by atoms with van der Waals surface area (Å²) in [5.41, 5.74) is 1.38. The van der Waals surface area contributed by atoms with Crippen LogP contribution in [0.15, 0.2) is 9.59 Å². The van der Waals surface area contributed by atoms with Gasteiger partial charge in [0, 0.05) is 25.0 Å². The Kier molecular flexibility index (Phi) is 4.47. The Bertz CT molecular complexity index is 1130. The highest BCUT2D eigenvalue weighted by Gasteiger charge is 2.23. The van der Waals surface area contributed by atoms with Crippen LogP contribution in [-0.2, 0) is 29.7 Å². The zero-order valence-corrected chi connectivity index (χ0v) is 15.7. The van der Waals surface area contributed by atoms with E-state index in [1.165, 1.54) is 11.7 Å². The van der Waals surface area contributed by atoms with Crippen LogP contribution in [0.1, 0.15) is 31.2 Å². The summed E-state index contributed by atoms with van der Waals surface area (Å²) in [6.07, 6.45) is 2.02. The highest BCUT2D eigenvalue weighted by Crippen LogP contribution is 2.21. The molecule has 9 nitrogen and oxygen atoms in total. The number of esters is 1. The highest BCUT2D eigenvalue weighted by atomic mass is 16.5. The monoisotopic (exact) mass is 361 g/mol. The summed E-state index contributed by atoms with van der Waals surface area (Å²) in [6.45, 7) is 6.37. The first-order valence-corrected chi connectivity index (χ1v) is 8.57. The van der Waals surface area contributed by atoms with Crippen LogP contribution in [0, 0.1) is 13.8 Å². The second kappa shape index (κ2) is 6.47. The topological polar surface area (TPSA) is 92.5 Å². The van der Waals surface area contributed by atoms with Crippen LogP contribution in [0.25, 0.3) is 16.9 Å². The van der Waals surface area contributed by atoms with Gasteiger partial charge >= 0.3 is 11.7 Å². The van der Waals surface area contributed by atoms with Gasteiger partial charge in [-0.3, -0.25) is 18.6 Å². The van der Waals surface area contributed by atoms with Crippen LogP contribution in [0.4, 0.5) is 0 Å². The van der Waals surface area contributed by atoms with Crippen molar-refractivity contribution in [2.45, 2.75) is 46.7 Å². The lowest BCUT2D eigenvalue weighted by Gasteiger charge is -2.07. The number of hydrogen-bond donors (Lipinski definition) is 0. The van der Waals surface area contributed by atoms with Gasteiger partial charge in [0.2, 0.25) is 5.78 Å². The van der Waals surface area contributed by atoms with Crippen molar-refractivity contribution < 1.29 is 9.53 Å². The maximum Gasteiger partial charge on any atom is 0.333 e. The van der Waals surface area contributed by atoms with Gasteiger partial charge < -0.3 is 9.30 Å². The second-order valence-electron chi connectivity index (χ2n) is 6.40. The molecule has 0 unspecified atom stereocenters. The minimum atomic E-state index is -0.655. The Hall–Kier alpha value is -2.84. The van der Waals surface area contributed by atoms with Crippen molar-refractivity contribution >= 4 is 22.9 Å². The number of aromatic nitrogens is 5. The van der Waals surface area contributed by atoms with Gasteiger partial charge in [-0.2, -0.15) is 4.98 Å². The Morgan fingerprint density at radius 1 is 1.15 bits per heavy atom. The van der Waals surface area contributed by atoms with E-state index < -0.39 is 23.8 Å². The highest BCUT2D eigenvalue weighted by molar-refractivity contribution is 5.77. The average Bonchev–Trinajstić information content (AvgIpc) is 3.12. The molecule has 3 rings (SSSR count). The van der Waals surface area contributed by atoms with Crippen LogP contribution in [-0.4, -0.2) is 36.2 Å². The van der Waals surface area contributed by atoms with E-state index in [1.807, 2.05) is 13.8 Å². The van der Waals surface area contributed by atoms with E-state index in [0.717, 1.165) is 35.3 Å². The molecule has 0 N–H and O–H groups in total. The lowest BCUT2D eigenvalue weighted by molar-refractivity contribution is -0.141. The Morgan fingerprint density at radius 3 is 2.46 bits per heavy atom. The van der Waals surface area contributed by atoms with Crippen molar-refractivity contribution in [3.63, 3.8) is 0 Å². The third kappa shape index (κ3) is 2.46. The van der Waals surface area contributed by atoms with Crippen molar-refractivity contribution in [3.05, 3.63) is 32.2 Å². The van der Waals surface area contributed by atoms with Crippen molar-refractivity contribution in [3.8, 4) is 0 Å². The van der Waals surface area contributed by atoms with Gasteiger partial charge in [0.25, 0.3) is 5.56 Å². The number of carbonyl (C=O) groups excluding carboxylic acids is 1. The smallest absolute Gasteiger partial charge is 0.333 e. The number of ether oxygens (including phenoxy) is 1.